The second kappa shape index (κ2) is 8.96. The van der Waals surface area contributed by atoms with Crippen molar-refractivity contribution in [1.29, 1.82) is 0 Å². The van der Waals surface area contributed by atoms with Gasteiger partial charge < -0.3 is 5.32 Å². The van der Waals surface area contributed by atoms with Crippen molar-refractivity contribution < 1.29 is 14.0 Å². The molecule has 0 bridgehead atoms. The fraction of sp³-hybridized carbons (Fsp3) is 0.500. The number of hydrogen-bond donors (Lipinski definition) is 2. The van der Waals surface area contributed by atoms with Crippen LogP contribution in [0.25, 0.3) is 0 Å². The number of urea groups is 1. The largest absolute Gasteiger partial charge is 0.338 e. The smallest absolute Gasteiger partial charge is 0.321 e. The number of imide groups is 1. The highest BCUT2D eigenvalue weighted by molar-refractivity contribution is 6.31. The van der Waals surface area contributed by atoms with Gasteiger partial charge in [-0.05, 0) is 19.1 Å². The third-order valence-corrected chi connectivity index (χ3v) is 4.22. The molecule has 0 aliphatic carbocycles. The Labute approximate surface area is 145 Å². The predicted molar refractivity (Wildman–Crippen MR) is 90.3 cm³/mol. The molecule has 24 heavy (non-hydrogen) atoms. The van der Waals surface area contributed by atoms with Gasteiger partial charge in [0.15, 0.2) is 0 Å². The SMILES string of the molecule is CCNC(=O)NC(=O)CN1CCN(Cc2c(F)cccc2Cl)CC1. The molecule has 0 spiro atoms. The van der Waals surface area contributed by atoms with Crippen molar-refractivity contribution in [2.45, 2.75) is 13.5 Å². The molecule has 132 valence electrons. The summed E-state index contributed by atoms with van der Waals surface area (Å²) in [6.07, 6.45) is 0. The van der Waals surface area contributed by atoms with E-state index in [1.165, 1.54) is 6.07 Å². The first-order valence-corrected chi connectivity index (χ1v) is 8.32. The van der Waals surface area contributed by atoms with E-state index >= 15 is 0 Å². The average molecular weight is 357 g/mol. The molecule has 2 rings (SSSR count). The summed E-state index contributed by atoms with van der Waals surface area (Å²) in [5.41, 5.74) is 0.501. The number of amides is 3. The van der Waals surface area contributed by atoms with E-state index in [4.69, 9.17) is 11.6 Å². The number of carbonyl (C=O) groups is 2. The first kappa shape index (κ1) is 18.6. The fourth-order valence-corrected chi connectivity index (χ4v) is 2.81. The van der Waals surface area contributed by atoms with Gasteiger partial charge in [-0.3, -0.25) is 19.9 Å². The van der Waals surface area contributed by atoms with Crippen LogP contribution >= 0.6 is 11.6 Å². The van der Waals surface area contributed by atoms with Crippen LogP contribution in [0.3, 0.4) is 0 Å². The lowest BCUT2D eigenvalue weighted by molar-refractivity contribution is -0.121. The fourth-order valence-electron chi connectivity index (χ4n) is 2.59. The van der Waals surface area contributed by atoms with Gasteiger partial charge in [-0.15, -0.1) is 0 Å². The maximum absolute atomic E-state index is 13.8. The van der Waals surface area contributed by atoms with Crippen molar-refractivity contribution in [3.63, 3.8) is 0 Å². The number of rotatable bonds is 5. The maximum Gasteiger partial charge on any atom is 0.321 e. The molecule has 0 saturated carbocycles. The number of benzene rings is 1. The van der Waals surface area contributed by atoms with Gasteiger partial charge >= 0.3 is 6.03 Å². The maximum atomic E-state index is 13.8. The Hall–Kier alpha value is -1.70. The second-order valence-corrected chi connectivity index (χ2v) is 6.07. The van der Waals surface area contributed by atoms with Crippen LogP contribution in [0, 0.1) is 5.82 Å². The van der Waals surface area contributed by atoms with E-state index in [1.807, 2.05) is 4.90 Å². The monoisotopic (exact) mass is 356 g/mol. The predicted octanol–water partition coefficient (Wildman–Crippen LogP) is 1.44. The van der Waals surface area contributed by atoms with E-state index in [9.17, 15) is 14.0 Å². The molecule has 1 saturated heterocycles. The molecule has 1 heterocycles. The van der Waals surface area contributed by atoms with Crippen molar-refractivity contribution in [3.05, 3.63) is 34.6 Å². The average Bonchev–Trinajstić information content (AvgIpc) is 2.53. The second-order valence-electron chi connectivity index (χ2n) is 5.66. The van der Waals surface area contributed by atoms with Crippen LogP contribution in [0.2, 0.25) is 5.02 Å². The van der Waals surface area contributed by atoms with E-state index < -0.39 is 6.03 Å². The van der Waals surface area contributed by atoms with Gasteiger partial charge in [0.2, 0.25) is 5.91 Å². The highest BCUT2D eigenvalue weighted by atomic mass is 35.5. The van der Waals surface area contributed by atoms with Crippen LogP contribution in [-0.2, 0) is 11.3 Å². The van der Waals surface area contributed by atoms with Gasteiger partial charge in [0.05, 0.1) is 6.54 Å². The molecule has 3 amide bonds. The zero-order valence-electron chi connectivity index (χ0n) is 13.6. The zero-order valence-corrected chi connectivity index (χ0v) is 14.4. The van der Waals surface area contributed by atoms with Crippen molar-refractivity contribution in [1.82, 2.24) is 20.4 Å². The summed E-state index contributed by atoms with van der Waals surface area (Å²) in [7, 11) is 0. The van der Waals surface area contributed by atoms with Gasteiger partial charge in [0, 0.05) is 49.9 Å². The lowest BCUT2D eigenvalue weighted by Gasteiger charge is -2.34. The number of nitrogens with zero attached hydrogens (tertiary/aromatic N) is 2. The molecule has 0 unspecified atom stereocenters. The van der Waals surface area contributed by atoms with E-state index in [-0.39, 0.29) is 18.3 Å². The standard InChI is InChI=1S/C16H22ClFN4O2/c1-2-19-16(24)20-15(23)11-22-8-6-21(7-9-22)10-12-13(17)4-3-5-14(12)18/h3-5H,2,6-11H2,1H3,(H2,19,20,23,24). The minimum atomic E-state index is -0.477. The summed E-state index contributed by atoms with van der Waals surface area (Å²) in [6.45, 7) is 5.64. The highest BCUT2D eigenvalue weighted by Gasteiger charge is 2.21. The number of piperazine rings is 1. The van der Waals surface area contributed by atoms with E-state index in [0.29, 0.717) is 49.9 Å². The van der Waals surface area contributed by atoms with Crippen molar-refractivity contribution in [3.8, 4) is 0 Å². The summed E-state index contributed by atoms with van der Waals surface area (Å²) < 4.78 is 13.8. The summed E-state index contributed by atoms with van der Waals surface area (Å²) in [6, 6.07) is 4.20. The lowest BCUT2D eigenvalue weighted by Crippen LogP contribution is -2.50. The molecule has 1 aliphatic rings. The Balaban J connectivity index is 1.77. The molecule has 0 aromatic heterocycles. The molecule has 1 fully saturated rings. The van der Waals surface area contributed by atoms with Crippen LogP contribution in [0.5, 0.6) is 0 Å². The van der Waals surface area contributed by atoms with Crippen molar-refractivity contribution >= 4 is 23.5 Å². The Kier molecular flexibility index (Phi) is 6.96. The molecule has 1 aliphatic heterocycles. The number of halogens is 2. The summed E-state index contributed by atoms with van der Waals surface area (Å²) in [4.78, 5) is 27.1. The van der Waals surface area contributed by atoms with Gasteiger partial charge in [-0.2, -0.15) is 0 Å². The van der Waals surface area contributed by atoms with Crippen LogP contribution < -0.4 is 10.6 Å². The molecule has 6 nitrogen and oxygen atoms in total. The van der Waals surface area contributed by atoms with E-state index in [1.54, 1.807) is 19.1 Å². The van der Waals surface area contributed by atoms with E-state index in [2.05, 4.69) is 15.5 Å². The first-order chi connectivity index (χ1) is 11.5. The Morgan fingerprint density at radius 3 is 2.50 bits per heavy atom. The van der Waals surface area contributed by atoms with Gasteiger partial charge in [0.25, 0.3) is 0 Å². The Morgan fingerprint density at radius 1 is 1.21 bits per heavy atom. The first-order valence-electron chi connectivity index (χ1n) is 7.95. The van der Waals surface area contributed by atoms with Gasteiger partial charge in [-0.1, -0.05) is 17.7 Å². The topological polar surface area (TPSA) is 64.7 Å². The number of hydrogen-bond acceptors (Lipinski definition) is 4. The minimum Gasteiger partial charge on any atom is -0.338 e. The minimum absolute atomic E-state index is 0.172. The summed E-state index contributed by atoms with van der Waals surface area (Å²) in [5.74, 6) is -0.627. The molecule has 0 atom stereocenters. The molecular formula is C16H22ClFN4O2. The van der Waals surface area contributed by atoms with Crippen molar-refractivity contribution in [2.75, 3.05) is 39.3 Å². The highest BCUT2D eigenvalue weighted by Crippen LogP contribution is 2.21. The van der Waals surface area contributed by atoms with Crippen molar-refractivity contribution in [2.24, 2.45) is 0 Å². The van der Waals surface area contributed by atoms with E-state index in [0.717, 1.165) is 0 Å². The quantitative estimate of drug-likeness (QED) is 0.838. The van der Waals surface area contributed by atoms with Gasteiger partial charge in [0.1, 0.15) is 5.82 Å². The molecule has 1 aromatic carbocycles. The van der Waals surface area contributed by atoms with Crippen LogP contribution in [-0.4, -0.2) is 61.0 Å². The summed E-state index contributed by atoms with van der Waals surface area (Å²) in [5, 5.41) is 5.23. The van der Waals surface area contributed by atoms with Gasteiger partial charge in [-0.25, -0.2) is 9.18 Å². The molecule has 1 aromatic rings. The van der Waals surface area contributed by atoms with Crippen LogP contribution in [0.1, 0.15) is 12.5 Å². The zero-order chi connectivity index (χ0) is 17.5. The normalized spacial score (nSPS) is 16.0. The van der Waals surface area contributed by atoms with Crippen LogP contribution in [0.4, 0.5) is 9.18 Å². The Bertz CT molecular complexity index is 571. The lowest BCUT2D eigenvalue weighted by atomic mass is 10.2. The molecule has 0 radical (unpaired) electrons. The molecular weight excluding hydrogens is 335 g/mol. The molecule has 2 N–H and O–H groups in total. The third kappa shape index (κ3) is 5.43. The Morgan fingerprint density at radius 2 is 1.88 bits per heavy atom. The third-order valence-electron chi connectivity index (χ3n) is 3.87. The number of nitrogens with one attached hydrogen (secondary N) is 2. The number of carbonyl (C=O) groups excluding carboxylic acids is 2. The molecule has 8 heteroatoms. The summed E-state index contributed by atoms with van der Waals surface area (Å²) >= 11 is 6.05. The van der Waals surface area contributed by atoms with Crippen LogP contribution in [0.15, 0.2) is 18.2 Å².